The zero-order valence-corrected chi connectivity index (χ0v) is 14.0. The summed E-state index contributed by atoms with van der Waals surface area (Å²) >= 11 is 3.79. The summed E-state index contributed by atoms with van der Waals surface area (Å²) in [6, 6.07) is 4.77. The smallest absolute Gasteiger partial charge is 0.157 e. The molecule has 1 aliphatic carbocycles. The predicted octanol–water partition coefficient (Wildman–Crippen LogP) is 4.70. The van der Waals surface area contributed by atoms with E-state index >= 15 is 0 Å². The third kappa shape index (κ3) is 3.06. The molecule has 0 bridgehead atoms. The molecule has 1 aliphatic heterocycles. The van der Waals surface area contributed by atoms with Crippen molar-refractivity contribution in [2.45, 2.75) is 45.6 Å². The SMILES string of the molecule is CC(C)C(NC1=NCC2(CCCC2)CS1)c1cccs1. The van der Waals surface area contributed by atoms with Crippen molar-refractivity contribution in [1.82, 2.24) is 5.32 Å². The first-order valence-electron chi connectivity index (χ1n) is 7.66. The van der Waals surface area contributed by atoms with E-state index in [1.54, 1.807) is 0 Å². The number of hydrogen-bond donors (Lipinski definition) is 1. The molecule has 110 valence electrons. The molecule has 1 fully saturated rings. The molecule has 0 radical (unpaired) electrons. The van der Waals surface area contributed by atoms with Gasteiger partial charge in [0.05, 0.1) is 6.04 Å². The Morgan fingerprint density at radius 1 is 1.30 bits per heavy atom. The zero-order valence-electron chi connectivity index (χ0n) is 12.4. The van der Waals surface area contributed by atoms with Gasteiger partial charge < -0.3 is 5.32 Å². The second-order valence-corrected chi connectivity index (χ2v) is 8.44. The maximum absolute atomic E-state index is 4.87. The number of thioether (sulfide) groups is 1. The highest BCUT2D eigenvalue weighted by Gasteiger charge is 2.36. The van der Waals surface area contributed by atoms with Crippen LogP contribution in [-0.4, -0.2) is 17.5 Å². The number of nitrogens with one attached hydrogen (secondary N) is 1. The lowest BCUT2D eigenvalue weighted by molar-refractivity contribution is 0.357. The number of hydrogen-bond acceptors (Lipinski definition) is 4. The van der Waals surface area contributed by atoms with Gasteiger partial charge in [-0.1, -0.05) is 44.5 Å². The molecular formula is C16H24N2S2. The monoisotopic (exact) mass is 308 g/mol. The molecule has 0 amide bonds. The van der Waals surface area contributed by atoms with Crippen LogP contribution in [-0.2, 0) is 0 Å². The molecular weight excluding hydrogens is 284 g/mol. The Labute approximate surface area is 130 Å². The van der Waals surface area contributed by atoms with Gasteiger partial charge in [-0.25, -0.2) is 0 Å². The highest BCUT2D eigenvalue weighted by atomic mass is 32.2. The summed E-state index contributed by atoms with van der Waals surface area (Å²) in [5.74, 6) is 1.84. The molecule has 1 atom stereocenters. The maximum atomic E-state index is 4.87. The number of aliphatic imine (C=N–C) groups is 1. The maximum Gasteiger partial charge on any atom is 0.157 e. The molecule has 0 aromatic carbocycles. The molecule has 0 saturated heterocycles. The Hall–Kier alpha value is -0.480. The largest absolute Gasteiger partial charge is 0.357 e. The Bertz CT molecular complexity index is 459. The fourth-order valence-corrected chi connectivity index (χ4v) is 5.37. The van der Waals surface area contributed by atoms with Gasteiger partial charge in [0.2, 0.25) is 0 Å². The van der Waals surface area contributed by atoms with Crippen LogP contribution >= 0.6 is 23.1 Å². The van der Waals surface area contributed by atoms with Crippen molar-refractivity contribution in [1.29, 1.82) is 0 Å². The average molecular weight is 309 g/mol. The lowest BCUT2D eigenvalue weighted by Gasteiger charge is -2.33. The van der Waals surface area contributed by atoms with Crippen LogP contribution in [0.25, 0.3) is 0 Å². The predicted molar refractivity (Wildman–Crippen MR) is 90.7 cm³/mol. The summed E-state index contributed by atoms with van der Waals surface area (Å²) in [6.07, 6.45) is 5.58. The minimum atomic E-state index is 0.402. The quantitative estimate of drug-likeness (QED) is 0.875. The van der Waals surface area contributed by atoms with Crippen LogP contribution in [0.3, 0.4) is 0 Å². The van der Waals surface area contributed by atoms with Crippen LogP contribution in [0.1, 0.15) is 50.4 Å². The van der Waals surface area contributed by atoms with Crippen molar-refractivity contribution in [3.05, 3.63) is 22.4 Å². The minimum Gasteiger partial charge on any atom is -0.357 e. The van der Waals surface area contributed by atoms with Crippen LogP contribution in [0, 0.1) is 11.3 Å². The first kappa shape index (κ1) is 14.5. The number of rotatable bonds is 3. The van der Waals surface area contributed by atoms with Crippen LogP contribution in [0.15, 0.2) is 22.5 Å². The van der Waals surface area contributed by atoms with E-state index in [-0.39, 0.29) is 0 Å². The van der Waals surface area contributed by atoms with Gasteiger partial charge in [-0.2, -0.15) is 0 Å². The molecule has 1 aromatic rings. The molecule has 1 saturated carbocycles. The molecule has 20 heavy (non-hydrogen) atoms. The first-order chi connectivity index (χ1) is 9.69. The Balaban J connectivity index is 1.66. The van der Waals surface area contributed by atoms with E-state index in [4.69, 9.17) is 4.99 Å². The minimum absolute atomic E-state index is 0.402. The highest BCUT2D eigenvalue weighted by molar-refractivity contribution is 8.13. The van der Waals surface area contributed by atoms with E-state index in [0.29, 0.717) is 17.4 Å². The fourth-order valence-electron chi connectivity index (χ4n) is 3.23. The van der Waals surface area contributed by atoms with E-state index in [1.807, 2.05) is 23.1 Å². The summed E-state index contributed by atoms with van der Waals surface area (Å²) < 4.78 is 0. The number of thiophene rings is 1. The summed E-state index contributed by atoms with van der Waals surface area (Å²) in [4.78, 5) is 6.29. The van der Waals surface area contributed by atoms with Crippen molar-refractivity contribution in [2.75, 3.05) is 12.3 Å². The van der Waals surface area contributed by atoms with Crippen molar-refractivity contribution >= 4 is 28.3 Å². The standard InChI is InChI=1S/C16H24N2S2/c1-12(2)14(13-6-5-9-19-13)18-15-17-10-16(11-20-15)7-3-4-8-16/h5-6,9,12,14H,3-4,7-8,10-11H2,1-2H3,(H,17,18). The Morgan fingerprint density at radius 3 is 2.65 bits per heavy atom. The highest BCUT2D eigenvalue weighted by Crippen LogP contribution is 2.43. The van der Waals surface area contributed by atoms with Gasteiger partial charge in [0.15, 0.2) is 5.17 Å². The van der Waals surface area contributed by atoms with Crippen molar-refractivity contribution < 1.29 is 0 Å². The van der Waals surface area contributed by atoms with Crippen LogP contribution in [0.2, 0.25) is 0 Å². The number of amidine groups is 1. The normalized spacial score (nSPS) is 23.1. The second kappa shape index (κ2) is 6.10. The zero-order chi connectivity index (χ0) is 14.0. The van der Waals surface area contributed by atoms with Crippen molar-refractivity contribution in [2.24, 2.45) is 16.3 Å². The van der Waals surface area contributed by atoms with Gasteiger partial charge in [0.1, 0.15) is 0 Å². The van der Waals surface area contributed by atoms with Crippen molar-refractivity contribution in [3.8, 4) is 0 Å². The van der Waals surface area contributed by atoms with Gasteiger partial charge >= 0.3 is 0 Å². The van der Waals surface area contributed by atoms with E-state index in [1.165, 1.54) is 36.3 Å². The molecule has 2 aliphatic rings. The lowest BCUT2D eigenvalue weighted by atomic mass is 9.89. The van der Waals surface area contributed by atoms with Gasteiger partial charge in [-0.3, -0.25) is 4.99 Å². The van der Waals surface area contributed by atoms with E-state index in [0.717, 1.165) is 11.7 Å². The first-order valence-corrected chi connectivity index (χ1v) is 9.52. The van der Waals surface area contributed by atoms with Gasteiger partial charge in [0, 0.05) is 17.2 Å². The lowest BCUT2D eigenvalue weighted by Crippen LogP contribution is -2.36. The summed E-state index contributed by atoms with van der Waals surface area (Å²) in [5, 5.41) is 7.01. The molecule has 1 spiro atoms. The second-order valence-electron chi connectivity index (χ2n) is 6.50. The van der Waals surface area contributed by atoms with Gasteiger partial charge in [0.25, 0.3) is 0 Å². The van der Waals surface area contributed by atoms with E-state index in [2.05, 4.69) is 36.7 Å². The average Bonchev–Trinajstić information content (AvgIpc) is 3.10. The topological polar surface area (TPSA) is 24.4 Å². The van der Waals surface area contributed by atoms with Crippen molar-refractivity contribution in [3.63, 3.8) is 0 Å². The summed E-state index contributed by atoms with van der Waals surface area (Å²) in [5.41, 5.74) is 0.534. The molecule has 1 aromatic heterocycles. The van der Waals surface area contributed by atoms with E-state index in [9.17, 15) is 0 Å². The third-order valence-electron chi connectivity index (χ3n) is 4.53. The molecule has 1 N–H and O–H groups in total. The third-order valence-corrected chi connectivity index (χ3v) is 6.77. The molecule has 2 heterocycles. The van der Waals surface area contributed by atoms with E-state index < -0.39 is 0 Å². The molecule has 1 unspecified atom stereocenters. The summed E-state index contributed by atoms with van der Waals surface area (Å²) in [7, 11) is 0. The molecule has 4 heteroatoms. The van der Waals surface area contributed by atoms with Crippen LogP contribution in [0.5, 0.6) is 0 Å². The number of nitrogens with zero attached hydrogens (tertiary/aromatic N) is 1. The Morgan fingerprint density at radius 2 is 2.10 bits per heavy atom. The van der Waals surface area contributed by atoms with Crippen LogP contribution in [0.4, 0.5) is 0 Å². The van der Waals surface area contributed by atoms with Crippen LogP contribution < -0.4 is 5.32 Å². The van der Waals surface area contributed by atoms with Gasteiger partial charge in [-0.05, 0) is 35.6 Å². The fraction of sp³-hybridized carbons (Fsp3) is 0.688. The summed E-state index contributed by atoms with van der Waals surface area (Å²) in [6.45, 7) is 5.60. The van der Waals surface area contributed by atoms with Gasteiger partial charge in [-0.15, -0.1) is 11.3 Å². The molecule has 2 nitrogen and oxygen atoms in total. The molecule has 3 rings (SSSR count). The Kier molecular flexibility index (Phi) is 4.41.